The van der Waals surface area contributed by atoms with Gasteiger partial charge in [-0.05, 0) is 40.0 Å². The third-order valence-electron chi connectivity index (χ3n) is 3.93. The second-order valence-electron chi connectivity index (χ2n) is 6.26. The molecule has 1 saturated carbocycles. The van der Waals surface area contributed by atoms with E-state index in [4.69, 9.17) is 10.5 Å². The first-order valence-electron chi connectivity index (χ1n) is 6.94. The number of hydrogen-bond donors (Lipinski definition) is 2. The first kappa shape index (κ1) is 18.7. The summed E-state index contributed by atoms with van der Waals surface area (Å²) in [6.45, 7) is 6.05. The van der Waals surface area contributed by atoms with Crippen molar-refractivity contribution in [2.24, 2.45) is 5.73 Å². The molecule has 1 aliphatic carbocycles. The second kappa shape index (κ2) is 7.46. The Balaban J connectivity index is 0.00000324. The van der Waals surface area contributed by atoms with Crippen LogP contribution in [0.1, 0.15) is 59.3 Å². The number of hydrogen-bond acceptors (Lipinski definition) is 3. The average Bonchev–Trinajstić information content (AvgIpc) is 2.29. The zero-order chi connectivity index (χ0) is 13.8. The lowest BCUT2D eigenvalue weighted by atomic mass is 9.81. The molecular formula is C14H29ClN2O2. The van der Waals surface area contributed by atoms with Crippen molar-refractivity contribution in [2.75, 3.05) is 7.11 Å². The van der Waals surface area contributed by atoms with Crippen LogP contribution < -0.4 is 11.1 Å². The second-order valence-corrected chi connectivity index (χ2v) is 6.26. The van der Waals surface area contributed by atoms with Crippen molar-refractivity contribution in [3.05, 3.63) is 0 Å². The predicted octanol–water partition coefficient (Wildman–Crippen LogP) is 2.39. The maximum Gasteiger partial charge on any atom is 0.240 e. The summed E-state index contributed by atoms with van der Waals surface area (Å²) in [7, 11) is 1.69. The lowest BCUT2D eigenvalue weighted by Gasteiger charge is -2.34. The van der Waals surface area contributed by atoms with E-state index in [0.717, 1.165) is 32.1 Å². The van der Waals surface area contributed by atoms with E-state index in [1.807, 2.05) is 20.8 Å². The maximum absolute atomic E-state index is 12.2. The zero-order valence-electron chi connectivity index (χ0n) is 12.6. The molecular weight excluding hydrogens is 264 g/mol. The molecule has 114 valence electrons. The Morgan fingerprint density at radius 3 is 2.37 bits per heavy atom. The van der Waals surface area contributed by atoms with Gasteiger partial charge in [0.2, 0.25) is 5.91 Å². The molecule has 1 aliphatic rings. The van der Waals surface area contributed by atoms with Crippen molar-refractivity contribution < 1.29 is 9.53 Å². The Morgan fingerprint density at radius 2 is 1.89 bits per heavy atom. The Morgan fingerprint density at radius 1 is 1.37 bits per heavy atom. The van der Waals surface area contributed by atoms with Gasteiger partial charge in [0, 0.05) is 13.2 Å². The van der Waals surface area contributed by atoms with Gasteiger partial charge in [0.1, 0.15) is 0 Å². The number of nitrogens with one attached hydrogen (secondary N) is 1. The fraction of sp³-hybridized carbons (Fsp3) is 0.929. The molecule has 4 nitrogen and oxygen atoms in total. The predicted molar refractivity (Wildman–Crippen MR) is 80.6 cm³/mol. The number of nitrogens with two attached hydrogens (primary N) is 1. The van der Waals surface area contributed by atoms with Crippen LogP contribution >= 0.6 is 12.4 Å². The molecule has 0 aromatic heterocycles. The molecule has 0 heterocycles. The van der Waals surface area contributed by atoms with E-state index in [2.05, 4.69) is 5.32 Å². The van der Waals surface area contributed by atoms with Crippen molar-refractivity contribution in [1.29, 1.82) is 0 Å². The third-order valence-corrected chi connectivity index (χ3v) is 3.93. The summed E-state index contributed by atoms with van der Waals surface area (Å²) >= 11 is 0. The summed E-state index contributed by atoms with van der Waals surface area (Å²) in [6, 6.07) is 0.0785. The fourth-order valence-corrected chi connectivity index (χ4v) is 2.65. The number of carbonyl (C=O) groups excluding carboxylic acids is 1. The zero-order valence-corrected chi connectivity index (χ0v) is 13.4. The minimum Gasteiger partial charge on any atom is -0.379 e. The third kappa shape index (κ3) is 5.67. The molecule has 1 amide bonds. The van der Waals surface area contributed by atoms with Crippen molar-refractivity contribution in [3.8, 4) is 0 Å². The monoisotopic (exact) mass is 292 g/mol. The van der Waals surface area contributed by atoms with Gasteiger partial charge in [-0.25, -0.2) is 0 Å². The number of rotatable bonds is 5. The molecule has 0 aliphatic heterocycles. The van der Waals surface area contributed by atoms with Gasteiger partial charge in [0.15, 0.2) is 0 Å². The summed E-state index contributed by atoms with van der Waals surface area (Å²) < 4.78 is 5.38. The van der Waals surface area contributed by atoms with Gasteiger partial charge in [0.25, 0.3) is 0 Å². The highest BCUT2D eigenvalue weighted by Crippen LogP contribution is 2.26. The van der Waals surface area contributed by atoms with E-state index >= 15 is 0 Å². The van der Waals surface area contributed by atoms with Gasteiger partial charge in [-0.3, -0.25) is 4.79 Å². The summed E-state index contributed by atoms with van der Waals surface area (Å²) in [6.07, 6.45) is 5.70. The maximum atomic E-state index is 12.2. The molecule has 0 radical (unpaired) electrons. The molecule has 0 aromatic carbocycles. The minimum atomic E-state index is -0.649. The molecule has 1 rings (SSSR count). The summed E-state index contributed by atoms with van der Waals surface area (Å²) in [5.74, 6) is 0.00148. The molecule has 0 saturated heterocycles. The van der Waals surface area contributed by atoms with Crippen LogP contribution in [-0.4, -0.2) is 30.2 Å². The van der Waals surface area contributed by atoms with Gasteiger partial charge in [0.05, 0.1) is 11.1 Å². The van der Waals surface area contributed by atoms with Gasteiger partial charge < -0.3 is 15.8 Å². The Labute approximate surface area is 123 Å². The van der Waals surface area contributed by atoms with Crippen LogP contribution in [0.2, 0.25) is 0 Å². The van der Waals surface area contributed by atoms with E-state index in [0.29, 0.717) is 0 Å². The molecule has 3 N–H and O–H groups in total. The minimum absolute atomic E-state index is 0. The Kier molecular flexibility index (Phi) is 7.33. The molecule has 0 spiro atoms. The summed E-state index contributed by atoms with van der Waals surface area (Å²) in [5, 5.41) is 3.04. The van der Waals surface area contributed by atoms with Crippen LogP contribution in [0.4, 0.5) is 0 Å². The highest BCUT2D eigenvalue weighted by atomic mass is 35.5. The van der Waals surface area contributed by atoms with Crippen molar-refractivity contribution >= 4 is 18.3 Å². The summed E-state index contributed by atoms with van der Waals surface area (Å²) in [5.41, 5.74) is 5.33. The summed E-state index contributed by atoms with van der Waals surface area (Å²) in [4.78, 5) is 12.2. The van der Waals surface area contributed by atoms with Gasteiger partial charge >= 0.3 is 0 Å². The normalized spacial score (nSPS) is 20.3. The number of ether oxygens (including phenoxy) is 1. The van der Waals surface area contributed by atoms with E-state index < -0.39 is 5.54 Å². The van der Waals surface area contributed by atoms with Crippen LogP contribution in [0, 0.1) is 0 Å². The lowest BCUT2D eigenvalue weighted by molar-refractivity contribution is -0.128. The standard InChI is InChI=1S/C14H28N2O2.ClH/c1-11(10-13(2,3)18-4)16-12(17)14(15)8-6-5-7-9-14;/h11H,5-10,15H2,1-4H3,(H,16,17);1H. The molecule has 0 bridgehead atoms. The van der Waals surface area contributed by atoms with E-state index in [-0.39, 0.29) is 30.0 Å². The Bertz CT molecular complexity index is 289. The lowest BCUT2D eigenvalue weighted by Crippen LogP contribution is -2.57. The van der Waals surface area contributed by atoms with Crippen molar-refractivity contribution in [2.45, 2.75) is 76.5 Å². The largest absolute Gasteiger partial charge is 0.379 e. The van der Waals surface area contributed by atoms with Crippen LogP contribution in [0.25, 0.3) is 0 Å². The number of amides is 1. The highest BCUT2D eigenvalue weighted by Gasteiger charge is 2.36. The number of carbonyl (C=O) groups is 1. The quantitative estimate of drug-likeness (QED) is 0.818. The fourth-order valence-electron chi connectivity index (χ4n) is 2.65. The first-order valence-corrected chi connectivity index (χ1v) is 6.94. The van der Waals surface area contributed by atoms with Gasteiger partial charge in [-0.2, -0.15) is 0 Å². The van der Waals surface area contributed by atoms with Crippen LogP contribution in [0.5, 0.6) is 0 Å². The number of methoxy groups -OCH3 is 1. The van der Waals surface area contributed by atoms with E-state index in [1.165, 1.54) is 6.42 Å². The van der Waals surface area contributed by atoms with Crippen molar-refractivity contribution in [1.82, 2.24) is 5.32 Å². The van der Waals surface area contributed by atoms with E-state index in [9.17, 15) is 4.79 Å². The van der Waals surface area contributed by atoms with Crippen molar-refractivity contribution in [3.63, 3.8) is 0 Å². The molecule has 1 atom stereocenters. The van der Waals surface area contributed by atoms with Gasteiger partial charge in [-0.15, -0.1) is 12.4 Å². The molecule has 5 heteroatoms. The molecule has 1 unspecified atom stereocenters. The Hall–Kier alpha value is -0.320. The SMILES string of the molecule is COC(C)(C)CC(C)NC(=O)C1(N)CCCCC1.Cl. The average molecular weight is 293 g/mol. The van der Waals surface area contributed by atoms with Crippen LogP contribution in [0.3, 0.4) is 0 Å². The molecule has 19 heavy (non-hydrogen) atoms. The molecule has 0 aromatic rings. The first-order chi connectivity index (χ1) is 8.29. The van der Waals surface area contributed by atoms with Gasteiger partial charge in [-0.1, -0.05) is 19.3 Å². The highest BCUT2D eigenvalue weighted by molar-refractivity contribution is 5.86. The molecule has 1 fully saturated rings. The number of halogens is 1. The van der Waals surface area contributed by atoms with Crippen LogP contribution in [-0.2, 0) is 9.53 Å². The van der Waals surface area contributed by atoms with E-state index in [1.54, 1.807) is 7.11 Å². The van der Waals surface area contributed by atoms with Crippen LogP contribution in [0.15, 0.2) is 0 Å². The topological polar surface area (TPSA) is 64.3 Å². The smallest absolute Gasteiger partial charge is 0.240 e.